The van der Waals surface area contributed by atoms with Crippen molar-refractivity contribution in [3.8, 4) is 16.9 Å². The molecular weight excluding hydrogens is 506 g/mol. The second-order valence-electron chi connectivity index (χ2n) is 7.75. The number of hydrogen-bond acceptors (Lipinski definition) is 6. The molecule has 0 saturated carbocycles. The Morgan fingerprint density at radius 2 is 1.81 bits per heavy atom. The normalized spacial score (nSPS) is 10.8. The first-order valence-corrected chi connectivity index (χ1v) is 11.3. The van der Waals surface area contributed by atoms with Crippen LogP contribution in [-0.2, 0) is 4.74 Å². The number of nitrogen functional groups attached to an aromatic ring is 1. The maximum absolute atomic E-state index is 14.4. The average Bonchev–Trinajstić information content (AvgIpc) is 3.31. The van der Waals surface area contributed by atoms with Crippen molar-refractivity contribution in [3.63, 3.8) is 0 Å². The fourth-order valence-corrected chi connectivity index (χ4v) is 3.62. The Morgan fingerprint density at radius 3 is 2.54 bits per heavy atom. The smallest absolute Gasteiger partial charge is 0.271 e. The number of aromatic nitrogens is 3. The zero-order valence-electron chi connectivity index (χ0n) is 19.5. The number of ether oxygens (including phenoxy) is 1. The summed E-state index contributed by atoms with van der Waals surface area (Å²) < 4.78 is 34.3. The van der Waals surface area contributed by atoms with E-state index in [4.69, 9.17) is 22.1 Å². The number of halogens is 3. The summed E-state index contributed by atoms with van der Waals surface area (Å²) in [5.74, 6) is -3.37. The number of nitrogens with two attached hydrogens (primary N) is 1. The third-order valence-electron chi connectivity index (χ3n) is 5.22. The maximum atomic E-state index is 14.4. The molecule has 0 bridgehead atoms. The van der Waals surface area contributed by atoms with Crippen molar-refractivity contribution in [3.05, 3.63) is 88.6 Å². The molecule has 9 nitrogen and oxygen atoms in total. The monoisotopic (exact) mass is 526 g/mol. The number of nitrogens with zero attached hydrogens (tertiary/aromatic N) is 3. The molecule has 0 radical (unpaired) electrons. The Hall–Kier alpha value is -4.35. The summed E-state index contributed by atoms with van der Waals surface area (Å²) in [5, 5.41) is 9.77. The van der Waals surface area contributed by atoms with Gasteiger partial charge in [0.1, 0.15) is 11.5 Å². The van der Waals surface area contributed by atoms with Crippen molar-refractivity contribution in [2.45, 2.75) is 0 Å². The van der Waals surface area contributed by atoms with E-state index in [-0.39, 0.29) is 39.9 Å². The summed E-state index contributed by atoms with van der Waals surface area (Å²) in [4.78, 5) is 29.6. The van der Waals surface area contributed by atoms with E-state index in [0.29, 0.717) is 18.4 Å². The van der Waals surface area contributed by atoms with Gasteiger partial charge >= 0.3 is 0 Å². The van der Waals surface area contributed by atoms with Gasteiger partial charge < -0.3 is 21.1 Å². The van der Waals surface area contributed by atoms with E-state index in [0.717, 1.165) is 0 Å². The van der Waals surface area contributed by atoms with E-state index in [1.165, 1.54) is 36.1 Å². The van der Waals surface area contributed by atoms with E-state index in [2.05, 4.69) is 20.7 Å². The van der Waals surface area contributed by atoms with Crippen LogP contribution in [0.15, 0.2) is 60.7 Å². The molecule has 37 heavy (non-hydrogen) atoms. The predicted octanol–water partition coefficient (Wildman–Crippen LogP) is 4.08. The highest BCUT2D eigenvalue weighted by atomic mass is 35.5. The van der Waals surface area contributed by atoms with Crippen LogP contribution < -0.4 is 16.4 Å². The molecule has 4 N–H and O–H groups in total. The molecule has 0 aliphatic heterocycles. The summed E-state index contributed by atoms with van der Waals surface area (Å²) in [6.45, 7) is 0.592. The van der Waals surface area contributed by atoms with Crippen LogP contribution in [0.1, 0.15) is 20.8 Å². The van der Waals surface area contributed by atoms with Crippen LogP contribution in [0.5, 0.6) is 0 Å². The fourth-order valence-electron chi connectivity index (χ4n) is 3.42. The SMILES string of the molecule is COCCNC(=O)c1cc(NC(=O)c2cc(-c3nc(N)c(F)cc3F)ccc2Cl)n(-c2ccccc2)n1. The number of rotatable bonds is 8. The molecule has 0 saturated heterocycles. The first kappa shape index (κ1) is 25.7. The number of para-hydroxylation sites is 1. The summed E-state index contributed by atoms with van der Waals surface area (Å²) >= 11 is 6.27. The van der Waals surface area contributed by atoms with Crippen molar-refractivity contribution in [2.24, 2.45) is 0 Å². The predicted molar refractivity (Wildman–Crippen MR) is 135 cm³/mol. The molecule has 4 rings (SSSR count). The Morgan fingerprint density at radius 1 is 1.05 bits per heavy atom. The zero-order valence-corrected chi connectivity index (χ0v) is 20.2. The van der Waals surface area contributed by atoms with Crippen LogP contribution in [-0.4, -0.2) is 46.8 Å². The number of methoxy groups -OCH3 is 1. The Labute approximate surface area is 215 Å². The van der Waals surface area contributed by atoms with E-state index >= 15 is 0 Å². The standard InChI is InChI=1S/C25H21ClF2N6O3/c1-37-10-9-30-25(36)20-13-21(34(33-20)15-5-3-2-4-6-15)31-24(35)16-11-14(7-8-17(16)26)22-18(27)12-19(28)23(29)32-22/h2-8,11-13H,9-10H2,1H3,(H2,29,32)(H,30,36)(H,31,35). The number of nitrogens with one attached hydrogen (secondary N) is 2. The minimum absolute atomic E-state index is 0.0184. The third-order valence-corrected chi connectivity index (χ3v) is 5.55. The van der Waals surface area contributed by atoms with Gasteiger partial charge in [-0.15, -0.1) is 0 Å². The highest BCUT2D eigenvalue weighted by Gasteiger charge is 2.20. The van der Waals surface area contributed by atoms with Gasteiger partial charge in [-0.3, -0.25) is 9.59 Å². The van der Waals surface area contributed by atoms with E-state index in [1.54, 1.807) is 24.3 Å². The van der Waals surface area contributed by atoms with Crippen LogP contribution in [0.2, 0.25) is 5.02 Å². The first-order valence-electron chi connectivity index (χ1n) is 10.9. The topological polar surface area (TPSA) is 124 Å². The van der Waals surface area contributed by atoms with Gasteiger partial charge in [0.05, 0.1) is 22.9 Å². The number of amides is 2. The van der Waals surface area contributed by atoms with Crippen LogP contribution in [0.25, 0.3) is 16.9 Å². The zero-order chi connectivity index (χ0) is 26.5. The summed E-state index contributed by atoms with van der Waals surface area (Å²) in [6, 6.07) is 15.0. The minimum atomic E-state index is -0.996. The lowest BCUT2D eigenvalue weighted by Crippen LogP contribution is -2.27. The Kier molecular flexibility index (Phi) is 7.75. The van der Waals surface area contributed by atoms with Crippen molar-refractivity contribution >= 4 is 35.1 Å². The molecule has 0 unspecified atom stereocenters. The molecule has 2 amide bonds. The Balaban J connectivity index is 1.68. The van der Waals surface area contributed by atoms with Crippen molar-refractivity contribution < 1.29 is 23.1 Å². The molecule has 12 heteroatoms. The lowest BCUT2D eigenvalue weighted by atomic mass is 10.1. The highest BCUT2D eigenvalue weighted by Crippen LogP contribution is 2.28. The van der Waals surface area contributed by atoms with Gasteiger partial charge in [-0.2, -0.15) is 5.10 Å². The van der Waals surface area contributed by atoms with Crippen LogP contribution in [0.3, 0.4) is 0 Å². The van der Waals surface area contributed by atoms with Gasteiger partial charge in [0, 0.05) is 31.4 Å². The largest absolute Gasteiger partial charge is 0.383 e. The van der Waals surface area contributed by atoms with E-state index in [1.807, 2.05) is 6.07 Å². The lowest BCUT2D eigenvalue weighted by Gasteiger charge is -2.11. The molecule has 0 aliphatic rings. The first-order chi connectivity index (χ1) is 17.8. The third kappa shape index (κ3) is 5.74. The number of pyridine rings is 1. The average molecular weight is 527 g/mol. The van der Waals surface area contributed by atoms with E-state index < -0.39 is 29.3 Å². The van der Waals surface area contributed by atoms with Gasteiger partial charge in [0.2, 0.25) is 0 Å². The molecule has 0 atom stereocenters. The number of hydrogen-bond donors (Lipinski definition) is 3. The van der Waals surface area contributed by atoms with Gasteiger partial charge in [0.15, 0.2) is 23.1 Å². The van der Waals surface area contributed by atoms with Crippen molar-refractivity contribution in [1.82, 2.24) is 20.1 Å². The molecular formula is C25H21ClF2N6O3. The summed E-state index contributed by atoms with van der Waals surface area (Å²) in [5.41, 5.74) is 6.03. The van der Waals surface area contributed by atoms with E-state index in [9.17, 15) is 18.4 Å². The molecule has 2 aromatic carbocycles. The molecule has 190 valence electrons. The maximum Gasteiger partial charge on any atom is 0.271 e. The van der Waals surface area contributed by atoms with Crippen LogP contribution in [0.4, 0.5) is 20.4 Å². The molecule has 0 fully saturated rings. The number of benzene rings is 2. The lowest BCUT2D eigenvalue weighted by molar-refractivity contribution is 0.0931. The van der Waals surface area contributed by atoms with Gasteiger partial charge in [-0.25, -0.2) is 18.4 Å². The van der Waals surface area contributed by atoms with Gasteiger partial charge in [-0.1, -0.05) is 35.9 Å². The van der Waals surface area contributed by atoms with Gasteiger partial charge in [0.25, 0.3) is 11.8 Å². The second-order valence-corrected chi connectivity index (χ2v) is 8.15. The number of carbonyl (C=O) groups is 2. The number of carbonyl (C=O) groups excluding carboxylic acids is 2. The number of anilines is 2. The molecule has 2 heterocycles. The molecule has 0 aliphatic carbocycles. The van der Waals surface area contributed by atoms with Crippen molar-refractivity contribution in [1.29, 1.82) is 0 Å². The molecule has 4 aromatic rings. The second kappa shape index (κ2) is 11.1. The van der Waals surface area contributed by atoms with Gasteiger partial charge in [-0.05, 0) is 24.3 Å². The van der Waals surface area contributed by atoms with Crippen LogP contribution >= 0.6 is 11.6 Å². The fraction of sp³-hybridized carbons (Fsp3) is 0.120. The minimum Gasteiger partial charge on any atom is -0.383 e. The summed E-state index contributed by atoms with van der Waals surface area (Å²) in [7, 11) is 1.51. The Bertz CT molecular complexity index is 1460. The molecule has 2 aromatic heterocycles. The van der Waals surface area contributed by atoms with Crippen LogP contribution in [0, 0.1) is 11.6 Å². The summed E-state index contributed by atoms with van der Waals surface area (Å²) in [6.07, 6.45) is 0. The quantitative estimate of drug-likeness (QED) is 0.297. The highest BCUT2D eigenvalue weighted by molar-refractivity contribution is 6.34. The molecule has 0 spiro atoms. The van der Waals surface area contributed by atoms with Crippen molar-refractivity contribution in [2.75, 3.05) is 31.3 Å².